The number of halogens is 1. The Morgan fingerprint density at radius 2 is 2.13 bits per heavy atom. The molecule has 0 aliphatic heterocycles. The van der Waals surface area contributed by atoms with E-state index < -0.39 is 17.6 Å². The molecule has 1 atom stereocenters. The Labute approximate surface area is 92.5 Å². The molecule has 1 amide bonds. The Hall–Kier alpha value is -1.49. The van der Waals surface area contributed by atoms with Crippen molar-refractivity contribution in [1.29, 1.82) is 0 Å². The fourth-order valence-electron chi connectivity index (χ4n) is 0.933. The van der Waals surface area contributed by atoms with Crippen molar-refractivity contribution in [3.05, 3.63) is 30.1 Å². The van der Waals surface area contributed by atoms with E-state index in [0.29, 0.717) is 0 Å². The molecule has 0 saturated heterocycles. The first-order valence-corrected chi connectivity index (χ1v) is 4.78. The minimum atomic E-state index is -0.611. The van der Waals surface area contributed by atoms with Crippen LogP contribution in [0, 0.1) is 11.7 Å². The molecule has 0 radical (unpaired) electrons. The van der Waals surface area contributed by atoms with Crippen LogP contribution in [0.4, 0.5) is 10.1 Å². The maximum Gasteiger partial charge on any atom is 0.234 e. The molecule has 0 bridgehead atoms. The molecular weight excluding hydrogens is 215 g/mol. The molecule has 0 aliphatic rings. The van der Waals surface area contributed by atoms with Gasteiger partial charge in [0, 0.05) is 0 Å². The van der Waals surface area contributed by atoms with Crippen LogP contribution in [-0.2, 0) is 4.79 Å². The van der Waals surface area contributed by atoms with E-state index in [-0.39, 0.29) is 10.7 Å². The number of rotatable bonds is 3. The summed E-state index contributed by atoms with van der Waals surface area (Å²) < 4.78 is 13.1. The third kappa shape index (κ3) is 2.99. The van der Waals surface area contributed by atoms with Crippen LogP contribution in [0.25, 0.3) is 0 Å². The van der Waals surface area contributed by atoms with E-state index in [2.05, 4.69) is 17.5 Å². The second-order valence-corrected chi connectivity index (χ2v) is 3.56. The molecule has 0 aliphatic carbocycles. The fraction of sp³-hybridized carbons (Fsp3) is 0.200. The molecule has 0 saturated carbocycles. The minimum Gasteiger partial charge on any atom is -0.393 e. The molecule has 1 aromatic carbocycles. The van der Waals surface area contributed by atoms with Crippen LogP contribution < -0.4 is 11.1 Å². The third-order valence-electron chi connectivity index (χ3n) is 1.95. The predicted octanol–water partition coefficient (Wildman–Crippen LogP) is 1.69. The number of carbonyl (C=O) groups is 1. The molecule has 0 spiro atoms. The number of nitrogens with two attached hydrogens (primary N) is 1. The van der Waals surface area contributed by atoms with Crippen LogP contribution in [0.3, 0.4) is 0 Å². The first kappa shape index (κ1) is 11.6. The van der Waals surface area contributed by atoms with Crippen molar-refractivity contribution >= 4 is 28.8 Å². The third-order valence-corrected chi connectivity index (χ3v) is 2.31. The van der Waals surface area contributed by atoms with E-state index >= 15 is 0 Å². The first-order valence-electron chi connectivity index (χ1n) is 4.37. The average molecular weight is 226 g/mol. The summed E-state index contributed by atoms with van der Waals surface area (Å²) in [5.74, 6) is -1.51. The van der Waals surface area contributed by atoms with Crippen LogP contribution in [0.5, 0.6) is 0 Å². The van der Waals surface area contributed by atoms with E-state index in [4.69, 9.17) is 5.73 Å². The topological polar surface area (TPSA) is 55.1 Å². The number of carbonyl (C=O) groups excluding carboxylic acids is 1. The number of hydrogen-bond donors (Lipinski definition) is 2. The standard InChI is InChI=1S/C10H11FN2OS/c1-6(9(12)15)10(14)13-8-5-3-2-4-7(8)11/h2-6H,1H3,(H2,12,15)(H,13,14). The highest BCUT2D eigenvalue weighted by Gasteiger charge is 2.16. The molecule has 3 N–H and O–H groups in total. The minimum absolute atomic E-state index is 0.0869. The van der Waals surface area contributed by atoms with Gasteiger partial charge in [0.05, 0.1) is 16.6 Å². The van der Waals surface area contributed by atoms with Crippen molar-refractivity contribution < 1.29 is 9.18 Å². The Morgan fingerprint density at radius 3 is 2.67 bits per heavy atom. The van der Waals surface area contributed by atoms with Crippen LogP contribution >= 0.6 is 12.2 Å². The Kier molecular flexibility index (Phi) is 3.74. The smallest absolute Gasteiger partial charge is 0.234 e. The van der Waals surface area contributed by atoms with Crippen molar-refractivity contribution in [3.63, 3.8) is 0 Å². The largest absolute Gasteiger partial charge is 0.393 e. The molecule has 80 valence electrons. The van der Waals surface area contributed by atoms with Gasteiger partial charge in [-0.15, -0.1) is 0 Å². The summed E-state index contributed by atoms with van der Waals surface area (Å²) in [6.45, 7) is 1.57. The number of para-hydroxylation sites is 1. The number of amides is 1. The normalized spacial score (nSPS) is 11.9. The molecule has 1 unspecified atom stereocenters. The van der Waals surface area contributed by atoms with Crippen LogP contribution in [0.1, 0.15) is 6.92 Å². The molecular formula is C10H11FN2OS. The van der Waals surface area contributed by atoms with E-state index in [0.717, 1.165) is 0 Å². The van der Waals surface area contributed by atoms with Crippen LogP contribution in [0.15, 0.2) is 24.3 Å². The Morgan fingerprint density at radius 1 is 1.53 bits per heavy atom. The van der Waals surface area contributed by atoms with Gasteiger partial charge in [-0.1, -0.05) is 24.4 Å². The van der Waals surface area contributed by atoms with Crippen molar-refractivity contribution in [2.24, 2.45) is 11.7 Å². The van der Waals surface area contributed by atoms with Gasteiger partial charge in [-0.05, 0) is 19.1 Å². The van der Waals surface area contributed by atoms with Crippen molar-refractivity contribution in [1.82, 2.24) is 0 Å². The zero-order valence-electron chi connectivity index (χ0n) is 8.16. The predicted molar refractivity (Wildman–Crippen MR) is 61.0 cm³/mol. The van der Waals surface area contributed by atoms with Gasteiger partial charge in [-0.2, -0.15) is 0 Å². The van der Waals surface area contributed by atoms with Crippen molar-refractivity contribution in [2.75, 3.05) is 5.32 Å². The van der Waals surface area contributed by atoms with E-state index in [9.17, 15) is 9.18 Å². The molecule has 5 heteroatoms. The first-order chi connectivity index (χ1) is 7.02. The van der Waals surface area contributed by atoms with Gasteiger partial charge in [0.2, 0.25) is 5.91 Å². The summed E-state index contributed by atoms with van der Waals surface area (Å²) in [5.41, 5.74) is 5.44. The summed E-state index contributed by atoms with van der Waals surface area (Å²) in [4.78, 5) is 11.5. The Balaban J connectivity index is 2.75. The van der Waals surface area contributed by atoms with Gasteiger partial charge < -0.3 is 11.1 Å². The quantitative estimate of drug-likeness (QED) is 0.771. The number of hydrogen-bond acceptors (Lipinski definition) is 2. The van der Waals surface area contributed by atoms with E-state index in [1.807, 2.05) is 0 Å². The highest BCUT2D eigenvalue weighted by atomic mass is 32.1. The lowest BCUT2D eigenvalue weighted by Gasteiger charge is -2.10. The lowest BCUT2D eigenvalue weighted by atomic mass is 10.1. The zero-order chi connectivity index (χ0) is 11.4. The monoisotopic (exact) mass is 226 g/mol. The van der Waals surface area contributed by atoms with Gasteiger partial charge in [0.15, 0.2) is 0 Å². The average Bonchev–Trinajstić information content (AvgIpc) is 2.20. The summed E-state index contributed by atoms with van der Waals surface area (Å²) in [6, 6.07) is 5.91. The van der Waals surface area contributed by atoms with E-state index in [1.165, 1.54) is 12.1 Å². The molecule has 15 heavy (non-hydrogen) atoms. The molecule has 1 aromatic rings. The van der Waals surface area contributed by atoms with Crippen molar-refractivity contribution in [3.8, 4) is 0 Å². The van der Waals surface area contributed by atoms with Gasteiger partial charge in [0.25, 0.3) is 0 Å². The number of anilines is 1. The highest BCUT2D eigenvalue weighted by molar-refractivity contribution is 7.80. The fourth-order valence-corrected chi connectivity index (χ4v) is 1.04. The number of thiocarbonyl (C=S) groups is 1. The van der Waals surface area contributed by atoms with Gasteiger partial charge >= 0.3 is 0 Å². The Bertz CT molecular complexity index is 395. The van der Waals surface area contributed by atoms with Crippen LogP contribution in [0.2, 0.25) is 0 Å². The van der Waals surface area contributed by atoms with Crippen molar-refractivity contribution in [2.45, 2.75) is 6.92 Å². The molecule has 0 fully saturated rings. The summed E-state index contributed by atoms with van der Waals surface area (Å²) in [6.07, 6.45) is 0. The van der Waals surface area contributed by atoms with Gasteiger partial charge in [0.1, 0.15) is 5.82 Å². The summed E-state index contributed by atoms with van der Waals surface area (Å²) in [5, 5.41) is 2.41. The zero-order valence-corrected chi connectivity index (χ0v) is 8.98. The number of benzene rings is 1. The lowest BCUT2D eigenvalue weighted by molar-refractivity contribution is -0.117. The molecule has 0 aromatic heterocycles. The van der Waals surface area contributed by atoms with Crippen LogP contribution in [-0.4, -0.2) is 10.9 Å². The molecule has 3 nitrogen and oxygen atoms in total. The highest BCUT2D eigenvalue weighted by Crippen LogP contribution is 2.13. The van der Waals surface area contributed by atoms with Gasteiger partial charge in [-0.25, -0.2) is 4.39 Å². The maximum atomic E-state index is 13.1. The second kappa shape index (κ2) is 4.84. The van der Waals surface area contributed by atoms with E-state index in [1.54, 1.807) is 19.1 Å². The maximum absolute atomic E-state index is 13.1. The summed E-state index contributed by atoms with van der Waals surface area (Å²) in [7, 11) is 0. The second-order valence-electron chi connectivity index (χ2n) is 3.09. The SMILES string of the molecule is CC(C(=O)Nc1ccccc1F)C(N)=S. The summed E-state index contributed by atoms with van der Waals surface area (Å²) >= 11 is 4.67. The lowest BCUT2D eigenvalue weighted by Crippen LogP contribution is -2.31. The molecule has 0 heterocycles. The number of nitrogens with one attached hydrogen (secondary N) is 1. The molecule has 1 rings (SSSR count). The van der Waals surface area contributed by atoms with Gasteiger partial charge in [-0.3, -0.25) is 4.79 Å².